The number of rotatable bonds is 1. The average molecular weight is 567 g/mol. The molecular formula is C28H31ClN6O5. The number of piperidine rings is 1. The second-order valence-electron chi connectivity index (χ2n) is 10.0. The number of carbonyl (C=O) groups is 3. The average Bonchev–Trinajstić information content (AvgIpc) is 3.28. The maximum Gasteiger partial charge on any atom is 0.273 e. The molecule has 5 rings (SSSR count). The zero-order chi connectivity index (χ0) is 28.2. The number of nitrogens with zero attached hydrogens (tertiary/aromatic N) is 3. The predicted molar refractivity (Wildman–Crippen MR) is 148 cm³/mol. The highest BCUT2D eigenvalue weighted by Gasteiger charge is 2.35. The largest absolute Gasteiger partial charge is 0.457 e. The van der Waals surface area contributed by atoms with Gasteiger partial charge in [0.25, 0.3) is 5.91 Å². The summed E-state index contributed by atoms with van der Waals surface area (Å²) in [6.07, 6.45) is 0.846. The summed E-state index contributed by atoms with van der Waals surface area (Å²) >= 11 is 6.15. The third kappa shape index (κ3) is 6.37. The molecular weight excluding hydrogens is 536 g/mol. The van der Waals surface area contributed by atoms with Gasteiger partial charge in [-0.25, -0.2) is 0 Å². The maximum atomic E-state index is 13.2. The number of benzene rings is 2. The number of aromatic nitrogens is 2. The Kier molecular flexibility index (Phi) is 8.22. The van der Waals surface area contributed by atoms with E-state index in [9.17, 15) is 14.4 Å². The van der Waals surface area contributed by atoms with Crippen LogP contribution in [0.2, 0.25) is 5.02 Å². The molecule has 4 bridgehead atoms. The van der Waals surface area contributed by atoms with Crippen molar-refractivity contribution in [3.63, 3.8) is 0 Å². The molecule has 1 aromatic heterocycles. The number of hydrogen-bond acceptors (Lipinski definition) is 7. The van der Waals surface area contributed by atoms with E-state index in [2.05, 4.69) is 15.5 Å². The summed E-state index contributed by atoms with van der Waals surface area (Å²) in [6, 6.07) is 14.7. The lowest BCUT2D eigenvalue weighted by molar-refractivity contribution is -0.135. The highest BCUT2D eigenvalue weighted by atomic mass is 35.5. The molecule has 2 aliphatic rings. The maximum absolute atomic E-state index is 13.2. The summed E-state index contributed by atoms with van der Waals surface area (Å²) < 4.78 is 12.4. The van der Waals surface area contributed by atoms with Crippen molar-refractivity contribution >= 4 is 35.1 Å². The van der Waals surface area contributed by atoms with Crippen LogP contribution < -0.4 is 15.8 Å². The van der Waals surface area contributed by atoms with Crippen molar-refractivity contribution in [3.8, 4) is 11.5 Å². The lowest BCUT2D eigenvalue weighted by Gasteiger charge is -2.38. The third-order valence-corrected chi connectivity index (χ3v) is 7.44. The van der Waals surface area contributed by atoms with Gasteiger partial charge in [0.1, 0.15) is 22.2 Å². The van der Waals surface area contributed by atoms with Crippen LogP contribution >= 0.6 is 11.6 Å². The Balaban J connectivity index is 1.37. The zero-order valence-corrected chi connectivity index (χ0v) is 22.8. The first-order chi connectivity index (χ1) is 19.3. The molecule has 3 amide bonds. The molecule has 11 nitrogen and oxygen atoms in total. The molecule has 0 saturated carbocycles. The summed E-state index contributed by atoms with van der Waals surface area (Å²) in [5, 5.41) is 9.43. The summed E-state index contributed by atoms with van der Waals surface area (Å²) in [5.41, 5.74) is 7.65. The van der Waals surface area contributed by atoms with Gasteiger partial charge in [-0.1, -0.05) is 35.9 Å². The molecule has 4 N–H and O–H groups in total. The van der Waals surface area contributed by atoms with Crippen LogP contribution in [0.3, 0.4) is 0 Å². The predicted octanol–water partition coefficient (Wildman–Crippen LogP) is 2.76. The Morgan fingerprint density at radius 1 is 1.10 bits per heavy atom. The van der Waals surface area contributed by atoms with Crippen molar-refractivity contribution < 1.29 is 23.9 Å². The fourth-order valence-electron chi connectivity index (χ4n) is 4.90. The molecule has 0 radical (unpaired) electrons. The number of aryl methyl sites for hydroxylation is 1. The Labute approximate surface area is 236 Å². The Morgan fingerprint density at radius 3 is 2.55 bits per heavy atom. The molecule has 1 fully saturated rings. The molecule has 12 heteroatoms. The van der Waals surface area contributed by atoms with E-state index in [0.29, 0.717) is 30.9 Å². The number of amides is 3. The molecule has 2 aliphatic heterocycles. The molecule has 3 aromatic rings. The molecule has 210 valence electrons. The number of likely N-dealkylation sites (tertiary alicyclic amines) is 1. The number of carbonyl (C=O) groups excluding carboxylic acids is 3. The normalized spacial score (nSPS) is 20.6. The van der Waals surface area contributed by atoms with Crippen molar-refractivity contribution in [2.24, 2.45) is 0 Å². The smallest absolute Gasteiger partial charge is 0.273 e. The van der Waals surface area contributed by atoms with Crippen LogP contribution in [0.5, 0.6) is 11.5 Å². The fourth-order valence-corrected chi connectivity index (χ4v) is 5.06. The first-order valence-electron chi connectivity index (χ1n) is 13.1. The van der Waals surface area contributed by atoms with Gasteiger partial charge in [0.15, 0.2) is 5.82 Å². The molecule has 1 saturated heterocycles. The number of halogens is 1. The van der Waals surface area contributed by atoms with Crippen molar-refractivity contribution in [2.75, 3.05) is 32.4 Å². The monoisotopic (exact) mass is 566 g/mol. The van der Waals surface area contributed by atoms with E-state index >= 15 is 0 Å². The van der Waals surface area contributed by atoms with Gasteiger partial charge >= 0.3 is 0 Å². The summed E-state index contributed by atoms with van der Waals surface area (Å²) in [5.74, 6) is 0.506. The molecule has 0 unspecified atom stereocenters. The van der Waals surface area contributed by atoms with Crippen LogP contribution in [0.4, 0.5) is 5.82 Å². The summed E-state index contributed by atoms with van der Waals surface area (Å²) in [7, 11) is 1.60. The Hall–Kier alpha value is -4.09. The van der Waals surface area contributed by atoms with E-state index < -0.39 is 6.04 Å². The van der Waals surface area contributed by atoms with Crippen LogP contribution in [-0.4, -0.2) is 76.5 Å². The molecule has 40 heavy (non-hydrogen) atoms. The first kappa shape index (κ1) is 27.5. The zero-order valence-electron chi connectivity index (χ0n) is 22.1. The number of H-pyrrole nitrogens is 1. The Bertz CT molecular complexity index is 1410. The minimum absolute atomic E-state index is 0.0406. The van der Waals surface area contributed by atoms with E-state index in [1.54, 1.807) is 11.9 Å². The van der Waals surface area contributed by atoms with Gasteiger partial charge in [-0.2, -0.15) is 5.10 Å². The number of nitrogen functional groups attached to an aromatic ring is 1. The van der Waals surface area contributed by atoms with Crippen LogP contribution in [0.25, 0.3) is 0 Å². The Morgan fingerprint density at radius 2 is 1.82 bits per heavy atom. The van der Waals surface area contributed by atoms with Crippen LogP contribution in [-0.2, 0) is 27.4 Å². The van der Waals surface area contributed by atoms with E-state index in [4.69, 9.17) is 26.8 Å². The van der Waals surface area contributed by atoms with Gasteiger partial charge in [-0.15, -0.1) is 0 Å². The molecule has 3 heterocycles. The molecule has 0 aliphatic carbocycles. The van der Waals surface area contributed by atoms with Gasteiger partial charge < -0.3 is 30.3 Å². The number of nitrogens with two attached hydrogens (primary N) is 1. The number of fused-ring (bicyclic) bond motifs is 5. The quantitative estimate of drug-likeness (QED) is 0.411. The number of nitrogens with one attached hydrogen (secondary N) is 2. The van der Waals surface area contributed by atoms with Gasteiger partial charge in [0.2, 0.25) is 11.8 Å². The third-order valence-electron chi connectivity index (χ3n) is 7.06. The van der Waals surface area contributed by atoms with Crippen molar-refractivity contribution in [1.82, 2.24) is 25.3 Å². The summed E-state index contributed by atoms with van der Waals surface area (Å²) in [6.45, 7) is 0.719. The van der Waals surface area contributed by atoms with Crippen molar-refractivity contribution in [3.05, 3.63) is 70.4 Å². The van der Waals surface area contributed by atoms with Crippen LogP contribution in [0, 0.1) is 0 Å². The number of likely N-dealkylation sites (N-methyl/N-ethyl adjacent to an activating group) is 1. The van der Waals surface area contributed by atoms with E-state index in [0.717, 1.165) is 11.1 Å². The minimum atomic E-state index is -0.522. The van der Waals surface area contributed by atoms with Gasteiger partial charge in [-0.05, 0) is 48.2 Å². The molecule has 0 spiro atoms. The van der Waals surface area contributed by atoms with Crippen LogP contribution in [0.1, 0.15) is 34.5 Å². The topological polar surface area (TPSA) is 143 Å². The van der Waals surface area contributed by atoms with Gasteiger partial charge in [0, 0.05) is 26.6 Å². The van der Waals surface area contributed by atoms with E-state index in [1.807, 2.05) is 48.5 Å². The van der Waals surface area contributed by atoms with Gasteiger partial charge in [-0.3, -0.25) is 19.5 Å². The lowest BCUT2D eigenvalue weighted by Crippen LogP contribution is -2.58. The number of hydrogen-bond donors (Lipinski definition) is 3. The number of ether oxygens (including phenoxy) is 2. The lowest BCUT2D eigenvalue weighted by atomic mass is 10.0. The van der Waals surface area contributed by atoms with Gasteiger partial charge in [0.05, 0.1) is 25.3 Å². The second-order valence-corrected chi connectivity index (χ2v) is 10.4. The minimum Gasteiger partial charge on any atom is -0.457 e. The van der Waals surface area contributed by atoms with Crippen molar-refractivity contribution in [1.29, 1.82) is 0 Å². The SMILES string of the molecule is CN1CC(=O)N[C@H]2CN(C(=O)c3[nH]nc(N)c3Cl)CC[C@H]2OCc2cccc(c2)Oc2cccc(c2)CCC1=O. The number of anilines is 1. The standard InChI is InChI=1S/C28H31ClN6O5/c1-34-15-23(36)31-21-14-35(28(38)26-25(29)27(30)33-32-26)11-10-22(21)39-16-18-5-3-7-20(13-18)40-19-6-2-4-17(12-19)8-9-24(34)37/h2-7,12-13,21-22H,8-11,14-16H2,1H3,(H,31,36)(H3,30,32,33)/t21-,22+/m0/s1. The highest BCUT2D eigenvalue weighted by molar-refractivity contribution is 6.35. The van der Waals surface area contributed by atoms with E-state index in [1.165, 1.54) is 4.90 Å². The van der Waals surface area contributed by atoms with Crippen LogP contribution in [0.15, 0.2) is 48.5 Å². The van der Waals surface area contributed by atoms with Crippen molar-refractivity contribution in [2.45, 2.75) is 38.0 Å². The fraction of sp³-hybridized carbons (Fsp3) is 0.357. The molecule has 2 aromatic carbocycles. The molecule has 2 atom stereocenters. The summed E-state index contributed by atoms with van der Waals surface area (Å²) in [4.78, 5) is 42.0. The highest BCUT2D eigenvalue weighted by Crippen LogP contribution is 2.26. The second kappa shape index (κ2) is 12.0. The van der Waals surface area contributed by atoms with E-state index in [-0.39, 0.29) is 66.5 Å². The number of aromatic amines is 1. The first-order valence-corrected chi connectivity index (χ1v) is 13.4.